The summed E-state index contributed by atoms with van der Waals surface area (Å²) < 4.78 is 5.97. The third-order valence-electron chi connectivity index (χ3n) is 2.80. The normalized spacial score (nSPS) is 15.3. The van der Waals surface area contributed by atoms with E-state index in [1.54, 1.807) is 6.20 Å². The van der Waals surface area contributed by atoms with E-state index in [1.807, 2.05) is 19.3 Å². The van der Waals surface area contributed by atoms with E-state index in [9.17, 15) is 0 Å². The van der Waals surface area contributed by atoms with Crippen LogP contribution in [-0.2, 0) is 0 Å². The number of nitrogens with one attached hydrogen (secondary N) is 1. The molecule has 112 valence electrons. The molecule has 0 aliphatic rings. The molecule has 2 atom stereocenters. The number of nitrogens with zero attached hydrogens (tertiary/aromatic N) is 1. The summed E-state index contributed by atoms with van der Waals surface area (Å²) in [6.45, 7) is 4.23. The van der Waals surface area contributed by atoms with Crippen molar-refractivity contribution in [3.05, 3.63) is 30.1 Å². The minimum Gasteiger partial charge on any atom is -0.486 e. The van der Waals surface area contributed by atoms with Gasteiger partial charge in [0.15, 0.2) is -0.565 Å². The molecule has 3 nitrogen and oxygen atoms in total. The van der Waals surface area contributed by atoms with Crippen molar-refractivity contribution < 1.29 is 4.74 Å². The molecule has 0 amide bonds. The van der Waals surface area contributed by atoms with E-state index in [0.29, 0.717) is 6.04 Å². The summed E-state index contributed by atoms with van der Waals surface area (Å²) in [5, 5.41) is 3.21. The van der Waals surface area contributed by atoms with Crippen LogP contribution in [0.2, 0.25) is 0 Å². The molecule has 1 unspecified atom stereocenters. The Morgan fingerprint density at radius 3 is 2.65 bits per heavy atom. The third-order valence-corrected chi connectivity index (χ3v) is 5.43. The monoisotopic (exact) mass is 612 g/mol. The minimum absolute atomic E-state index is 0.0291. The summed E-state index contributed by atoms with van der Waals surface area (Å²) in [5.74, 6) is 0.815. The molecule has 1 aromatic heterocycles. The number of ether oxygens (including phenoxy) is 1. The Labute approximate surface area is 162 Å². The molecule has 1 N–H and O–H groups in total. The summed E-state index contributed by atoms with van der Waals surface area (Å²) in [6, 6.07) is 2.51. The van der Waals surface area contributed by atoms with Gasteiger partial charge in [0.1, 0.15) is 11.9 Å². The van der Waals surface area contributed by atoms with E-state index < -0.39 is 0 Å². The van der Waals surface area contributed by atoms with Crippen molar-refractivity contribution in [2.75, 3.05) is 7.05 Å². The SMILES string of the molecule is CN[C@@H](C)C/C=C/c1cncc(OC(C)C(I)(I)I)c1. The molecule has 0 saturated heterocycles. The molecular weight excluding hydrogens is 593 g/mol. The highest BCUT2D eigenvalue weighted by Crippen LogP contribution is 2.40. The predicted molar refractivity (Wildman–Crippen MR) is 111 cm³/mol. The quantitative estimate of drug-likeness (QED) is 0.355. The van der Waals surface area contributed by atoms with Gasteiger partial charge in [-0.15, -0.1) is 0 Å². The molecule has 0 fully saturated rings. The van der Waals surface area contributed by atoms with E-state index in [0.717, 1.165) is 17.7 Å². The van der Waals surface area contributed by atoms with Crippen LogP contribution in [0.4, 0.5) is 0 Å². The maximum atomic E-state index is 5.94. The van der Waals surface area contributed by atoms with Crippen LogP contribution in [0.5, 0.6) is 5.75 Å². The van der Waals surface area contributed by atoms with Crippen LogP contribution in [0.15, 0.2) is 24.5 Å². The van der Waals surface area contributed by atoms with Crippen LogP contribution in [-0.4, -0.2) is 23.6 Å². The van der Waals surface area contributed by atoms with Crippen LogP contribution in [0, 0.1) is 0 Å². The van der Waals surface area contributed by atoms with Gasteiger partial charge in [0.05, 0.1) is 6.20 Å². The molecule has 0 aliphatic carbocycles. The molecule has 20 heavy (non-hydrogen) atoms. The van der Waals surface area contributed by atoms with Gasteiger partial charge in [0, 0.05) is 12.2 Å². The highest BCUT2D eigenvalue weighted by molar-refractivity contribution is 14.3. The van der Waals surface area contributed by atoms with Gasteiger partial charge in [-0.05, 0) is 38.9 Å². The average molecular weight is 612 g/mol. The lowest BCUT2D eigenvalue weighted by atomic mass is 10.2. The molecule has 0 bridgehead atoms. The van der Waals surface area contributed by atoms with Gasteiger partial charge in [-0.1, -0.05) is 79.9 Å². The molecule has 1 aromatic rings. The molecule has 6 heteroatoms. The lowest BCUT2D eigenvalue weighted by molar-refractivity contribution is 0.242. The average Bonchev–Trinajstić information content (AvgIpc) is 2.38. The van der Waals surface area contributed by atoms with Gasteiger partial charge in [-0.3, -0.25) is 4.98 Å². The second kappa shape index (κ2) is 9.09. The molecule has 0 spiro atoms. The highest BCUT2D eigenvalue weighted by Gasteiger charge is 2.28. The summed E-state index contributed by atoms with van der Waals surface area (Å²) in [7, 11) is 1.97. The van der Waals surface area contributed by atoms with Crippen molar-refractivity contribution in [3.8, 4) is 5.75 Å². The first-order chi connectivity index (χ1) is 9.32. The first-order valence-electron chi connectivity index (χ1n) is 6.35. The number of halogens is 3. The summed E-state index contributed by atoms with van der Waals surface area (Å²) >= 11 is 7.14. The Hall–Kier alpha value is 0.840. The van der Waals surface area contributed by atoms with Crippen molar-refractivity contribution in [2.45, 2.75) is 31.8 Å². The van der Waals surface area contributed by atoms with Gasteiger partial charge >= 0.3 is 0 Å². The fourth-order valence-corrected chi connectivity index (χ4v) is 1.77. The first-order valence-corrected chi connectivity index (χ1v) is 9.58. The zero-order valence-corrected chi connectivity index (χ0v) is 18.2. The van der Waals surface area contributed by atoms with Gasteiger partial charge in [0.2, 0.25) is 0 Å². The van der Waals surface area contributed by atoms with E-state index in [1.165, 1.54) is 0 Å². The number of aromatic nitrogens is 1. The maximum absolute atomic E-state index is 5.94. The van der Waals surface area contributed by atoms with Crippen molar-refractivity contribution >= 4 is 73.8 Å². The summed E-state index contributed by atoms with van der Waals surface area (Å²) in [5.41, 5.74) is 1.07. The number of pyridine rings is 1. The number of rotatable bonds is 7. The minimum atomic E-state index is 0.0291. The van der Waals surface area contributed by atoms with Crippen molar-refractivity contribution in [1.82, 2.24) is 10.3 Å². The fourth-order valence-electron chi connectivity index (χ4n) is 1.39. The Bertz CT molecular complexity index is 446. The highest BCUT2D eigenvalue weighted by atomic mass is 127. The lowest BCUT2D eigenvalue weighted by Crippen LogP contribution is -2.26. The van der Waals surface area contributed by atoms with Crippen LogP contribution in [0.1, 0.15) is 25.8 Å². The lowest BCUT2D eigenvalue weighted by Gasteiger charge is -2.22. The number of hydrogen-bond acceptors (Lipinski definition) is 3. The number of alkyl halides is 3. The van der Waals surface area contributed by atoms with E-state index in [4.69, 9.17) is 4.74 Å². The second-order valence-corrected chi connectivity index (χ2v) is 15.9. The molecule has 0 aliphatic heterocycles. The van der Waals surface area contributed by atoms with Crippen molar-refractivity contribution in [1.29, 1.82) is 0 Å². The van der Waals surface area contributed by atoms with Crippen LogP contribution in [0.25, 0.3) is 6.08 Å². The topological polar surface area (TPSA) is 34.2 Å². The first kappa shape index (κ1) is 18.9. The van der Waals surface area contributed by atoms with Gasteiger partial charge in [-0.25, -0.2) is 0 Å². The fraction of sp³-hybridized carbons (Fsp3) is 0.500. The van der Waals surface area contributed by atoms with Gasteiger partial charge < -0.3 is 10.1 Å². The van der Waals surface area contributed by atoms with Crippen molar-refractivity contribution in [3.63, 3.8) is 0 Å². The molecular formula is C14H19I3N2O. The third kappa shape index (κ3) is 7.21. The smallest absolute Gasteiger partial charge is 0.160 e. The van der Waals surface area contributed by atoms with Crippen LogP contribution in [0.3, 0.4) is 0 Å². The molecule has 0 saturated carbocycles. The summed E-state index contributed by atoms with van der Waals surface area (Å²) in [6.07, 6.45) is 8.96. The Morgan fingerprint density at radius 2 is 2.05 bits per heavy atom. The Balaban J connectivity index is 2.66. The van der Waals surface area contributed by atoms with Gasteiger partial charge in [0.25, 0.3) is 0 Å². The van der Waals surface area contributed by atoms with E-state index in [-0.39, 0.29) is 5.54 Å². The maximum Gasteiger partial charge on any atom is 0.160 e. The zero-order valence-electron chi connectivity index (χ0n) is 11.7. The standard InChI is InChI=1S/C14H19I3N2O/c1-10(18-3)5-4-6-12-7-13(9-19-8-12)20-11(2)14(15,16)17/h4,6-11,18H,5H2,1-3H3/b6-4+/t10-,11?/m0/s1. The van der Waals surface area contributed by atoms with Crippen LogP contribution >= 0.6 is 67.8 Å². The second-order valence-electron chi connectivity index (χ2n) is 4.58. The van der Waals surface area contributed by atoms with E-state index in [2.05, 4.69) is 104 Å². The van der Waals surface area contributed by atoms with E-state index >= 15 is 0 Å². The molecule has 0 radical (unpaired) electrons. The van der Waals surface area contributed by atoms with Crippen LogP contribution < -0.4 is 10.1 Å². The predicted octanol–water partition coefficient (Wildman–Crippen LogP) is 4.82. The van der Waals surface area contributed by atoms with Gasteiger partial charge in [-0.2, -0.15) is 0 Å². The largest absolute Gasteiger partial charge is 0.486 e. The molecule has 0 aromatic carbocycles. The van der Waals surface area contributed by atoms with Crippen molar-refractivity contribution in [2.24, 2.45) is 0 Å². The zero-order chi connectivity index (χ0) is 15.2. The molecule has 1 rings (SSSR count). The number of hydrogen-bond donors (Lipinski definition) is 1. The Morgan fingerprint density at radius 1 is 1.35 bits per heavy atom. The molecule has 1 heterocycles. The summed E-state index contributed by atoms with van der Waals surface area (Å²) in [4.78, 5) is 4.24. The Kier molecular flexibility index (Phi) is 8.58.